The molecule has 1 fully saturated rings. The number of fused-ring (bicyclic) bond motifs is 1. The molecule has 1 N–H and O–H groups in total. The van der Waals surface area contributed by atoms with Crippen LogP contribution >= 0.6 is 51.3 Å². The van der Waals surface area contributed by atoms with Gasteiger partial charge in [-0.3, -0.25) is 19.8 Å². The van der Waals surface area contributed by atoms with Crippen molar-refractivity contribution in [3.05, 3.63) is 56.0 Å². The van der Waals surface area contributed by atoms with Gasteiger partial charge in [-0.25, -0.2) is 0 Å². The Labute approximate surface area is 183 Å². The molecule has 0 radical (unpaired) electrons. The molecule has 10 heteroatoms. The number of rotatable bonds is 2. The van der Waals surface area contributed by atoms with Gasteiger partial charge in [0.2, 0.25) is 6.79 Å². The molecule has 4 rings (SSSR count). The van der Waals surface area contributed by atoms with Crippen LogP contribution in [-0.4, -0.2) is 23.7 Å². The van der Waals surface area contributed by atoms with E-state index in [1.54, 1.807) is 24.3 Å². The highest BCUT2D eigenvalue weighted by Gasteiger charge is 2.35. The number of carbonyl (C=O) groups excluding carboxylic acids is 2. The molecule has 0 unspecified atom stereocenters. The maximum atomic E-state index is 13.1. The molecule has 2 aliphatic rings. The quantitative estimate of drug-likeness (QED) is 0.378. The molecule has 0 saturated carbocycles. The number of hydrogen-bond acceptors (Lipinski definition) is 5. The first kappa shape index (κ1) is 19.2. The van der Waals surface area contributed by atoms with Gasteiger partial charge in [0.15, 0.2) is 16.6 Å². The van der Waals surface area contributed by atoms with E-state index in [4.69, 9.17) is 44.9 Å². The average molecular weight is 500 g/mol. The summed E-state index contributed by atoms with van der Waals surface area (Å²) in [5.74, 6) is -0.125. The van der Waals surface area contributed by atoms with Crippen LogP contribution in [0, 0.1) is 0 Å². The summed E-state index contributed by atoms with van der Waals surface area (Å²) in [6.07, 6.45) is 1.45. The Balaban J connectivity index is 1.77. The lowest BCUT2D eigenvalue weighted by Crippen LogP contribution is -2.54. The molecule has 0 aromatic heterocycles. The number of benzene rings is 2. The summed E-state index contributed by atoms with van der Waals surface area (Å²) in [6, 6.07) is 8.00. The van der Waals surface area contributed by atoms with Crippen molar-refractivity contribution < 1.29 is 19.1 Å². The first-order valence-electron chi connectivity index (χ1n) is 7.81. The van der Waals surface area contributed by atoms with Crippen molar-refractivity contribution in [3.8, 4) is 11.5 Å². The molecule has 1 saturated heterocycles. The normalized spacial score (nSPS) is 17.3. The minimum absolute atomic E-state index is 0.0684. The highest BCUT2D eigenvalue weighted by Crippen LogP contribution is 2.38. The van der Waals surface area contributed by atoms with Crippen molar-refractivity contribution in [2.24, 2.45) is 0 Å². The summed E-state index contributed by atoms with van der Waals surface area (Å²) < 4.78 is 11.3. The summed E-state index contributed by atoms with van der Waals surface area (Å²) in [6.45, 7) is 0.109. The first-order valence-corrected chi connectivity index (χ1v) is 9.76. The second-order valence-electron chi connectivity index (χ2n) is 5.78. The molecule has 2 heterocycles. The highest BCUT2D eigenvalue weighted by atomic mass is 79.9. The lowest BCUT2D eigenvalue weighted by molar-refractivity contribution is -0.122. The average Bonchev–Trinajstić information content (AvgIpc) is 3.07. The fourth-order valence-electron chi connectivity index (χ4n) is 2.74. The fourth-order valence-corrected chi connectivity index (χ4v) is 3.94. The van der Waals surface area contributed by atoms with Crippen molar-refractivity contribution in [2.45, 2.75) is 0 Å². The minimum atomic E-state index is -0.610. The van der Waals surface area contributed by atoms with Crippen LogP contribution in [0.15, 0.2) is 40.4 Å². The summed E-state index contributed by atoms with van der Waals surface area (Å²) in [4.78, 5) is 26.7. The highest BCUT2D eigenvalue weighted by molar-refractivity contribution is 9.10. The summed E-state index contributed by atoms with van der Waals surface area (Å²) in [5, 5.41) is 3.08. The number of nitrogens with one attached hydrogen (secondary N) is 1. The van der Waals surface area contributed by atoms with Crippen LogP contribution in [0.2, 0.25) is 10.0 Å². The number of amides is 2. The third-order valence-electron chi connectivity index (χ3n) is 4.04. The number of thiocarbonyl (C=S) groups is 1. The predicted octanol–water partition coefficient (Wildman–Crippen LogP) is 4.32. The summed E-state index contributed by atoms with van der Waals surface area (Å²) in [7, 11) is 0. The number of hydrogen-bond donors (Lipinski definition) is 1. The van der Waals surface area contributed by atoms with Gasteiger partial charge >= 0.3 is 0 Å². The van der Waals surface area contributed by atoms with Crippen molar-refractivity contribution in [1.29, 1.82) is 0 Å². The Kier molecular flexibility index (Phi) is 5.05. The zero-order valence-corrected chi connectivity index (χ0v) is 17.7. The zero-order valence-electron chi connectivity index (χ0n) is 13.8. The number of ether oxygens (including phenoxy) is 2. The van der Waals surface area contributed by atoms with E-state index >= 15 is 0 Å². The molecule has 0 aliphatic carbocycles. The molecular weight excluding hydrogens is 491 g/mol. The number of nitrogens with zero attached hydrogens (tertiary/aromatic N) is 1. The van der Waals surface area contributed by atoms with E-state index in [-0.39, 0.29) is 22.5 Å². The number of halogens is 3. The molecule has 2 amide bonds. The number of carbonyl (C=O) groups is 2. The molecule has 0 bridgehead atoms. The van der Waals surface area contributed by atoms with Crippen molar-refractivity contribution in [1.82, 2.24) is 5.32 Å². The van der Waals surface area contributed by atoms with E-state index in [1.807, 2.05) is 0 Å². The van der Waals surface area contributed by atoms with Crippen LogP contribution in [0.25, 0.3) is 6.08 Å². The Hall–Kier alpha value is -2.13. The summed E-state index contributed by atoms with van der Waals surface area (Å²) >= 11 is 20.7. The van der Waals surface area contributed by atoms with Crippen LogP contribution in [-0.2, 0) is 9.59 Å². The van der Waals surface area contributed by atoms with Gasteiger partial charge in [0.1, 0.15) is 5.57 Å². The molecule has 0 atom stereocenters. The van der Waals surface area contributed by atoms with E-state index in [2.05, 4.69) is 21.2 Å². The van der Waals surface area contributed by atoms with Crippen LogP contribution in [0.5, 0.6) is 11.5 Å². The molecular formula is C18H9BrCl2N2O4S. The van der Waals surface area contributed by atoms with Gasteiger partial charge in [0.25, 0.3) is 11.8 Å². The number of anilines is 1. The third kappa shape index (κ3) is 3.37. The minimum Gasteiger partial charge on any atom is -0.454 e. The van der Waals surface area contributed by atoms with Gasteiger partial charge in [0, 0.05) is 9.50 Å². The lowest BCUT2D eigenvalue weighted by Gasteiger charge is -2.29. The van der Waals surface area contributed by atoms with E-state index in [0.717, 1.165) is 4.90 Å². The Bertz CT molecular complexity index is 1090. The third-order valence-corrected chi connectivity index (χ3v) is 5.55. The Morgan fingerprint density at radius 2 is 1.86 bits per heavy atom. The first-order chi connectivity index (χ1) is 13.3. The van der Waals surface area contributed by atoms with E-state index in [1.165, 1.54) is 12.1 Å². The Morgan fingerprint density at radius 1 is 1.14 bits per heavy atom. The predicted molar refractivity (Wildman–Crippen MR) is 113 cm³/mol. The van der Waals surface area contributed by atoms with Crippen molar-refractivity contribution in [3.63, 3.8) is 0 Å². The molecule has 6 nitrogen and oxygen atoms in total. The van der Waals surface area contributed by atoms with Gasteiger partial charge < -0.3 is 9.47 Å². The SMILES string of the molecule is O=C1NC(=S)N(c2ccc(Cl)cc2Cl)C(=O)/C1=C/c1cc2c(cc1Br)OCO2. The van der Waals surface area contributed by atoms with Crippen LogP contribution < -0.4 is 19.7 Å². The maximum Gasteiger partial charge on any atom is 0.270 e. The second kappa shape index (κ2) is 7.36. The molecule has 0 spiro atoms. The van der Waals surface area contributed by atoms with E-state index < -0.39 is 11.8 Å². The molecule has 2 aromatic rings. The van der Waals surface area contributed by atoms with Crippen molar-refractivity contribution >= 4 is 80.0 Å². The van der Waals surface area contributed by atoms with Gasteiger partial charge in [-0.15, -0.1) is 0 Å². The van der Waals surface area contributed by atoms with Gasteiger partial charge in [-0.05, 0) is 54.2 Å². The van der Waals surface area contributed by atoms with E-state index in [9.17, 15) is 9.59 Å². The van der Waals surface area contributed by atoms with E-state index in [0.29, 0.717) is 32.2 Å². The zero-order chi connectivity index (χ0) is 20.0. The molecule has 142 valence electrons. The van der Waals surface area contributed by atoms with Gasteiger partial charge in [-0.1, -0.05) is 39.1 Å². The van der Waals surface area contributed by atoms with Crippen molar-refractivity contribution in [2.75, 3.05) is 11.7 Å². The van der Waals surface area contributed by atoms with Crippen LogP contribution in [0.1, 0.15) is 5.56 Å². The second-order valence-corrected chi connectivity index (χ2v) is 7.87. The standard InChI is InChI=1S/C18H9BrCl2N2O4S/c19-11-6-15-14(26-7-27-15)4-8(11)3-10-16(24)22-18(28)23(17(10)25)13-2-1-9(20)5-12(13)21/h1-6H,7H2,(H,22,24,28)/b10-3+. The lowest BCUT2D eigenvalue weighted by atomic mass is 10.1. The maximum absolute atomic E-state index is 13.1. The van der Waals surface area contributed by atoms with Crippen LogP contribution in [0.3, 0.4) is 0 Å². The molecule has 2 aromatic carbocycles. The van der Waals surface area contributed by atoms with Gasteiger partial charge in [-0.2, -0.15) is 0 Å². The monoisotopic (exact) mass is 498 g/mol. The molecule has 28 heavy (non-hydrogen) atoms. The smallest absolute Gasteiger partial charge is 0.270 e. The van der Waals surface area contributed by atoms with Gasteiger partial charge in [0.05, 0.1) is 10.7 Å². The molecule has 2 aliphatic heterocycles. The summed E-state index contributed by atoms with van der Waals surface area (Å²) in [5.41, 5.74) is 0.772. The van der Waals surface area contributed by atoms with Crippen LogP contribution in [0.4, 0.5) is 5.69 Å². The largest absolute Gasteiger partial charge is 0.454 e. The Morgan fingerprint density at radius 3 is 2.57 bits per heavy atom. The fraction of sp³-hybridized carbons (Fsp3) is 0.0556. The topological polar surface area (TPSA) is 67.9 Å².